The van der Waals surface area contributed by atoms with E-state index < -0.39 is 10.0 Å². The molecule has 9 nitrogen and oxygen atoms in total. The highest BCUT2D eigenvalue weighted by molar-refractivity contribution is 7.89. The van der Waals surface area contributed by atoms with E-state index in [0.717, 1.165) is 0 Å². The third-order valence-corrected chi connectivity index (χ3v) is 5.01. The summed E-state index contributed by atoms with van der Waals surface area (Å²) in [5.41, 5.74) is 0.455. The van der Waals surface area contributed by atoms with Gasteiger partial charge in [-0.2, -0.15) is 0 Å². The molecule has 0 unspecified atom stereocenters. The van der Waals surface area contributed by atoms with Gasteiger partial charge in [-0.3, -0.25) is 0 Å². The molecule has 0 saturated carbocycles. The summed E-state index contributed by atoms with van der Waals surface area (Å²) in [5, 5.41) is 6.12. The van der Waals surface area contributed by atoms with Gasteiger partial charge in [0.1, 0.15) is 29.5 Å². The number of hydrogen-bond donors (Lipinski definition) is 3. The van der Waals surface area contributed by atoms with E-state index in [2.05, 4.69) is 30.3 Å². The molecule has 0 aliphatic heterocycles. The Balaban J connectivity index is 1.88. The number of anilines is 4. The van der Waals surface area contributed by atoms with Crippen molar-refractivity contribution in [2.75, 3.05) is 24.8 Å². The Bertz CT molecular complexity index is 1030. The fourth-order valence-corrected chi connectivity index (χ4v) is 3.03. The smallest absolute Gasteiger partial charge is 0.240 e. The van der Waals surface area contributed by atoms with Crippen LogP contribution in [0.3, 0.4) is 0 Å². The maximum atomic E-state index is 12.0. The van der Waals surface area contributed by atoms with Gasteiger partial charge in [0.2, 0.25) is 10.0 Å². The Kier molecular flexibility index (Phi) is 5.48. The van der Waals surface area contributed by atoms with Crippen molar-refractivity contribution in [1.29, 1.82) is 0 Å². The van der Waals surface area contributed by atoms with Gasteiger partial charge in [0.05, 0.1) is 17.7 Å². The second-order valence-corrected chi connectivity index (χ2v) is 7.21. The molecule has 1 aromatic carbocycles. The highest BCUT2D eigenvalue weighted by atomic mass is 32.2. The first-order valence-corrected chi connectivity index (χ1v) is 9.39. The van der Waals surface area contributed by atoms with Gasteiger partial charge in [-0.05, 0) is 37.4 Å². The fraction of sp³-hybridized carbons (Fsp3) is 0.118. The molecule has 0 bridgehead atoms. The molecule has 3 rings (SSSR count). The van der Waals surface area contributed by atoms with Gasteiger partial charge >= 0.3 is 0 Å². The Labute approximate surface area is 156 Å². The predicted molar refractivity (Wildman–Crippen MR) is 102 cm³/mol. The van der Waals surface area contributed by atoms with E-state index in [1.165, 1.54) is 32.6 Å². The molecule has 2 heterocycles. The Morgan fingerprint density at radius 2 is 1.70 bits per heavy atom. The number of hydrogen-bond acceptors (Lipinski definition) is 8. The van der Waals surface area contributed by atoms with Crippen molar-refractivity contribution < 1.29 is 13.2 Å². The lowest BCUT2D eigenvalue weighted by Gasteiger charge is -2.13. The van der Waals surface area contributed by atoms with E-state index in [1.807, 2.05) is 18.2 Å². The number of aromatic nitrogens is 3. The van der Waals surface area contributed by atoms with Crippen molar-refractivity contribution in [2.24, 2.45) is 0 Å². The van der Waals surface area contributed by atoms with Crippen LogP contribution < -0.4 is 20.1 Å². The summed E-state index contributed by atoms with van der Waals surface area (Å²) in [5.74, 6) is 2.11. The Morgan fingerprint density at radius 3 is 2.37 bits per heavy atom. The number of nitrogens with zero attached hydrogens (tertiary/aromatic N) is 3. The summed E-state index contributed by atoms with van der Waals surface area (Å²) < 4.78 is 31.7. The monoisotopic (exact) mass is 386 g/mol. The lowest BCUT2D eigenvalue weighted by molar-refractivity contribution is 0.416. The molecule has 0 aliphatic rings. The van der Waals surface area contributed by atoms with Crippen molar-refractivity contribution in [3.8, 4) is 5.75 Å². The van der Waals surface area contributed by atoms with E-state index in [4.69, 9.17) is 4.74 Å². The number of ether oxygens (including phenoxy) is 1. The molecule has 0 amide bonds. The summed E-state index contributed by atoms with van der Waals surface area (Å²) >= 11 is 0. The molecular weight excluding hydrogens is 368 g/mol. The molecule has 140 valence electrons. The largest absolute Gasteiger partial charge is 0.495 e. The fourth-order valence-electron chi connectivity index (χ4n) is 2.27. The second kappa shape index (κ2) is 7.98. The summed E-state index contributed by atoms with van der Waals surface area (Å²) in [7, 11) is -0.731. The van der Waals surface area contributed by atoms with E-state index in [1.54, 1.807) is 18.3 Å². The number of pyridine rings is 1. The molecule has 27 heavy (non-hydrogen) atoms. The standard InChI is InChI=1S/C17H18N6O3S/c1-18-27(24,25)12-6-7-14(26-2)13(9-12)22-16-10-17(21-11-20-16)23-15-5-3-4-8-19-15/h3-11,18H,1-2H3,(H2,19,20,21,22,23). The van der Waals surface area contributed by atoms with Gasteiger partial charge in [0.25, 0.3) is 0 Å². The topological polar surface area (TPSA) is 118 Å². The van der Waals surface area contributed by atoms with Gasteiger partial charge in [-0.1, -0.05) is 6.07 Å². The summed E-state index contributed by atoms with van der Waals surface area (Å²) in [6, 6.07) is 11.7. The van der Waals surface area contributed by atoms with Crippen molar-refractivity contribution in [3.63, 3.8) is 0 Å². The van der Waals surface area contributed by atoms with Gasteiger partial charge < -0.3 is 15.4 Å². The minimum atomic E-state index is -3.59. The molecule has 2 aromatic heterocycles. The summed E-state index contributed by atoms with van der Waals surface area (Å²) in [6.45, 7) is 0. The highest BCUT2D eigenvalue weighted by Crippen LogP contribution is 2.30. The van der Waals surface area contributed by atoms with Crippen LogP contribution in [-0.4, -0.2) is 37.5 Å². The maximum Gasteiger partial charge on any atom is 0.240 e. The van der Waals surface area contributed by atoms with E-state index in [9.17, 15) is 8.42 Å². The van der Waals surface area contributed by atoms with Crippen LogP contribution in [0.2, 0.25) is 0 Å². The maximum absolute atomic E-state index is 12.0. The van der Waals surface area contributed by atoms with Gasteiger partial charge in [-0.15, -0.1) is 0 Å². The minimum Gasteiger partial charge on any atom is -0.495 e. The number of methoxy groups -OCH3 is 1. The number of benzene rings is 1. The zero-order valence-electron chi connectivity index (χ0n) is 14.7. The predicted octanol–water partition coefficient (Wildman–Crippen LogP) is 2.28. The van der Waals surface area contributed by atoms with Crippen molar-refractivity contribution in [3.05, 3.63) is 55.0 Å². The van der Waals surface area contributed by atoms with Crippen LogP contribution in [-0.2, 0) is 10.0 Å². The zero-order valence-corrected chi connectivity index (χ0v) is 15.5. The third-order valence-electron chi connectivity index (χ3n) is 3.60. The molecular formula is C17H18N6O3S. The quantitative estimate of drug-likeness (QED) is 0.566. The average molecular weight is 386 g/mol. The van der Waals surface area contributed by atoms with Crippen LogP contribution in [0.25, 0.3) is 0 Å². The molecule has 3 aromatic rings. The molecule has 0 radical (unpaired) electrons. The van der Waals surface area contributed by atoms with Crippen LogP contribution in [0.15, 0.2) is 59.9 Å². The van der Waals surface area contributed by atoms with Crippen LogP contribution in [0.4, 0.5) is 23.1 Å². The molecule has 0 saturated heterocycles. The first-order chi connectivity index (χ1) is 13.0. The first kappa shape index (κ1) is 18.5. The van der Waals surface area contributed by atoms with Crippen LogP contribution in [0, 0.1) is 0 Å². The van der Waals surface area contributed by atoms with Crippen LogP contribution >= 0.6 is 0 Å². The van der Waals surface area contributed by atoms with Crippen molar-refractivity contribution in [1.82, 2.24) is 19.7 Å². The molecule has 0 spiro atoms. The number of rotatable bonds is 7. The number of nitrogens with one attached hydrogen (secondary N) is 3. The normalized spacial score (nSPS) is 11.0. The lowest BCUT2D eigenvalue weighted by Crippen LogP contribution is -2.18. The van der Waals surface area contributed by atoms with E-state index >= 15 is 0 Å². The summed E-state index contributed by atoms with van der Waals surface area (Å²) in [6.07, 6.45) is 3.05. The van der Waals surface area contributed by atoms with Gasteiger partial charge in [0, 0.05) is 12.3 Å². The van der Waals surface area contributed by atoms with Crippen molar-refractivity contribution in [2.45, 2.75) is 4.90 Å². The van der Waals surface area contributed by atoms with Gasteiger partial charge in [0.15, 0.2) is 0 Å². The second-order valence-electron chi connectivity index (χ2n) is 5.32. The lowest BCUT2D eigenvalue weighted by atomic mass is 10.3. The molecule has 0 atom stereocenters. The van der Waals surface area contributed by atoms with E-state index in [0.29, 0.717) is 28.9 Å². The average Bonchev–Trinajstić information content (AvgIpc) is 2.69. The van der Waals surface area contributed by atoms with Crippen molar-refractivity contribution >= 4 is 33.2 Å². The van der Waals surface area contributed by atoms with Crippen LogP contribution in [0.5, 0.6) is 5.75 Å². The highest BCUT2D eigenvalue weighted by Gasteiger charge is 2.15. The Hall–Kier alpha value is -3.24. The van der Waals surface area contributed by atoms with Crippen LogP contribution in [0.1, 0.15) is 0 Å². The first-order valence-electron chi connectivity index (χ1n) is 7.90. The SMILES string of the molecule is CNS(=O)(=O)c1ccc(OC)c(Nc2cc(Nc3ccccn3)ncn2)c1. The zero-order chi connectivity index (χ0) is 19.3. The van der Waals surface area contributed by atoms with E-state index in [-0.39, 0.29) is 4.90 Å². The molecule has 10 heteroatoms. The van der Waals surface area contributed by atoms with Gasteiger partial charge in [-0.25, -0.2) is 28.1 Å². The molecule has 0 fully saturated rings. The molecule has 0 aliphatic carbocycles. The number of sulfonamides is 1. The minimum absolute atomic E-state index is 0.106. The third kappa shape index (κ3) is 4.49. The Morgan fingerprint density at radius 1 is 0.926 bits per heavy atom. The summed E-state index contributed by atoms with van der Waals surface area (Å²) in [4.78, 5) is 12.6. The molecule has 3 N–H and O–H groups in total.